The minimum Gasteiger partial charge on any atom is -0.493 e. The Labute approximate surface area is 204 Å². The molecule has 0 spiro atoms. The van der Waals surface area contributed by atoms with Crippen molar-refractivity contribution in [3.63, 3.8) is 0 Å². The zero-order chi connectivity index (χ0) is 23.9. The van der Waals surface area contributed by atoms with Crippen LogP contribution in [0.1, 0.15) is 62.2 Å². The van der Waals surface area contributed by atoms with Gasteiger partial charge in [0.1, 0.15) is 12.3 Å². The fraction of sp³-hybridized carbons (Fsp3) is 0.483. The lowest BCUT2D eigenvalue weighted by molar-refractivity contribution is -0.904. The lowest BCUT2D eigenvalue weighted by atomic mass is 9.77. The second-order valence-corrected chi connectivity index (χ2v) is 10.3. The second kappa shape index (κ2) is 11.2. The molecule has 1 N–H and O–H groups in total. The molecule has 2 aromatic carbocycles. The van der Waals surface area contributed by atoms with Crippen LogP contribution < -0.4 is 4.74 Å². The van der Waals surface area contributed by atoms with Gasteiger partial charge >= 0.3 is 0 Å². The fourth-order valence-electron chi connectivity index (χ4n) is 5.18. The molecule has 0 aliphatic heterocycles. The van der Waals surface area contributed by atoms with Gasteiger partial charge < -0.3 is 18.7 Å². The van der Waals surface area contributed by atoms with Gasteiger partial charge in [-0.25, -0.2) is 4.98 Å². The maximum atomic E-state index is 12.1. The van der Waals surface area contributed by atoms with Crippen molar-refractivity contribution in [3.8, 4) is 5.75 Å². The minimum atomic E-state index is -1.19. The number of hydrogen-bond acceptors (Lipinski definition) is 4. The molecule has 0 amide bonds. The molecule has 182 valence electrons. The van der Waals surface area contributed by atoms with Crippen molar-refractivity contribution in [1.82, 2.24) is 4.98 Å². The summed E-state index contributed by atoms with van der Waals surface area (Å²) < 4.78 is 12.9. The van der Waals surface area contributed by atoms with Gasteiger partial charge in [-0.3, -0.25) is 0 Å². The summed E-state index contributed by atoms with van der Waals surface area (Å²) in [7, 11) is 4.39. The Hall–Kier alpha value is -2.63. The number of benzene rings is 2. The smallest absolute Gasteiger partial charge is 0.231 e. The first-order valence-electron chi connectivity index (χ1n) is 12.7. The van der Waals surface area contributed by atoms with E-state index in [0.717, 1.165) is 60.2 Å². The Kier molecular flexibility index (Phi) is 8.07. The standard InChI is InChI=1S/C29H39N2O3/c1-31(2,20-13-21-33-26-18-11-6-12-19-26)23-27-22-30-28(34-27)29(32,25-16-9-5-10-17-25)24-14-7-3-4-8-15-24/h5-6,9-12,16-19,22,24,32H,3-4,7-8,13-15,20-21,23H2,1-2H3/q+1. The summed E-state index contributed by atoms with van der Waals surface area (Å²) in [6.07, 6.45) is 9.48. The summed E-state index contributed by atoms with van der Waals surface area (Å²) in [5.41, 5.74) is -0.313. The first kappa shape index (κ1) is 24.5. The van der Waals surface area contributed by atoms with Crippen molar-refractivity contribution in [1.29, 1.82) is 0 Å². The van der Waals surface area contributed by atoms with Gasteiger partial charge in [-0.1, -0.05) is 74.2 Å². The van der Waals surface area contributed by atoms with Crippen molar-refractivity contribution in [2.24, 2.45) is 5.92 Å². The highest BCUT2D eigenvalue weighted by molar-refractivity contribution is 5.30. The van der Waals surface area contributed by atoms with Gasteiger partial charge in [0.05, 0.1) is 33.4 Å². The molecule has 4 rings (SSSR count). The van der Waals surface area contributed by atoms with Crippen LogP contribution in [-0.2, 0) is 12.1 Å². The summed E-state index contributed by atoms with van der Waals surface area (Å²) in [5, 5.41) is 12.1. The van der Waals surface area contributed by atoms with E-state index in [9.17, 15) is 5.11 Å². The number of nitrogens with zero attached hydrogens (tertiary/aromatic N) is 2. The zero-order valence-electron chi connectivity index (χ0n) is 20.7. The summed E-state index contributed by atoms with van der Waals surface area (Å²) in [5.74, 6) is 2.27. The average Bonchev–Trinajstić information content (AvgIpc) is 3.13. The quantitative estimate of drug-likeness (QED) is 0.230. The number of aliphatic hydroxyl groups is 1. The van der Waals surface area contributed by atoms with Crippen molar-refractivity contribution >= 4 is 0 Å². The molecule has 0 saturated heterocycles. The molecule has 1 unspecified atom stereocenters. The number of aromatic nitrogens is 1. The molecular weight excluding hydrogens is 424 g/mol. The third-order valence-corrected chi connectivity index (χ3v) is 7.04. The molecule has 1 heterocycles. The molecular formula is C29H39N2O3+. The van der Waals surface area contributed by atoms with Crippen molar-refractivity contribution in [2.75, 3.05) is 27.2 Å². The van der Waals surface area contributed by atoms with E-state index in [1.165, 1.54) is 12.8 Å². The van der Waals surface area contributed by atoms with Gasteiger partial charge in [0.2, 0.25) is 5.89 Å². The van der Waals surface area contributed by atoms with Gasteiger partial charge in [-0.2, -0.15) is 0 Å². The lowest BCUT2D eigenvalue weighted by Crippen LogP contribution is -2.40. The van der Waals surface area contributed by atoms with E-state index in [1.54, 1.807) is 6.20 Å². The Bertz CT molecular complexity index is 994. The molecule has 1 fully saturated rings. The summed E-state index contributed by atoms with van der Waals surface area (Å²) in [6.45, 7) is 2.35. The van der Waals surface area contributed by atoms with Gasteiger partial charge in [0, 0.05) is 12.3 Å². The Balaban J connectivity index is 1.44. The highest BCUT2D eigenvalue weighted by Crippen LogP contribution is 2.43. The summed E-state index contributed by atoms with van der Waals surface area (Å²) in [4.78, 5) is 4.64. The van der Waals surface area contributed by atoms with Crippen molar-refractivity contribution < 1.29 is 18.7 Å². The average molecular weight is 464 g/mol. The molecule has 1 saturated carbocycles. The second-order valence-electron chi connectivity index (χ2n) is 10.3. The van der Waals surface area contributed by atoms with Crippen LogP contribution in [0.5, 0.6) is 5.75 Å². The largest absolute Gasteiger partial charge is 0.493 e. The number of para-hydroxylation sites is 1. The Morgan fingerprint density at radius 3 is 2.29 bits per heavy atom. The molecule has 1 atom stereocenters. The van der Waals surface area contributed by atoms with E-state index in [4.69, 9.17) is 9.15 Å². The van der Waals surface area contributed by atoms with Crippen LogP contribution in [0.4, 0.5) is 0 Å². The zero-order valence-corrected chi connectivity index (χ0v) is 20.7. The third-order valence-electron chi connectivity index (χ3n) is 7.04. The fourth-order valence-corrected chi connectivity index (χ4v) is 5.18. The van der Waals surface area contributed by atoms with Gasteiger partial charge in [0.15, 0.2) is 11.4 Å². The number of hydrogen-bond donors (Lipinski definition) is 1. The van der Waals surface area contributed by atoms with E-state index in [2.05, 4.69) is 19.1 Å². The van der Waals surface area contributed by atoms with Gasteiger partial charge in [-0.05, 0) is 30.5 Å². The molecule has 1 aliphatic carbocycles. The third kappa shape index (κ3) is 6.08. The van der Waals surface area contributed by atoms with Crippen LogP contribution in [0.25, 0.3) is 0 Å². The van der Waals surface area contributed by atoms with Crippen LogP contribution in [0.15, 0.2) is 71.3 Å². The van der Waals surface area contributed by atoms with Crippen LogP contribution in [0, 0.1) is 5.92 Å². The number of rotatable bonds is 10. The van der Waals surface area contributed by atoms with Gasteiger partial charge in [0.25, 0.3) is 0 Å². The molecule has 34 heavy (non-hydrogen) atoms. The van der Waals surface area contributed by atoms with Crippen LogP contribution >= 0.6 is 0 Å². The van der Waals surface area contributed by atoms with E-state index in [1.807, 2.05) is 60.7 Å². The maximum Gasteiger partial charge on any atom is 0.231 e. The van der Waals surface area contributed by atoms with Crippen molar-refractivity contribution in [2.45, 2.75) is 57.1 Å². The van der Waals surface area contributed by atoms with Gasteiger partial charge in [-0.15, -0.1) is 0 Å². The highest BCUT2D eigenvalue weighted by atomic mass is 16.5. The minimum absolute atomic E-state index is 0.113. The lowest BCUT2D eigenvalue weighted by Gasteiger charge is -2.34. The number of oxazole rings is 1. The summed E-state index contributed by atoms with van der Waals surface area (Å²) >= 11 is 0. The Morgan fingerprint density at radius 2 is 1.62 bits per heavy atom. The molecule has 1 aromatic heterocycles. The van der Waals surface area contributed by atoms with E-state index < -0.39 is 5.60 Å². The Morgan fingerprint density at radius 1 is 0.971 bits per heavy atom. The predicted molar refractivity (Wildman–Crippen MR) is 134 cm³/mol. The monoisotopic (exact) mass is 463 g/mol. The van der Waals surface area contributed by atoms with Crippen molar-refractivity contribution in [3.05, 3.63) is 84.1 Å². The highest BCUT2D eigenvalue weighted by Gasteiger charge is 2.44. The molecule has 5 heteroatoms. The molecule has 0 radical (unpaired) electrons. The van der Waals surface area contributed by atoms with E-state index in [-0.39, 0.29) is 5.92 Å². The number of quaternary nitrogens is 1. The first-order chi connectivity index (χ1) is 16.5. The normalized spacial score (nSPS) is 17.1. The van der Waals surface area contributed by atoms with E-state index >= 15 is 0 Å². The predicted octanol–water partition coefficient (Wildman–Crippen LogP) is 5.93. The first-order valence-corrected chi connectivity index (χ1v) is 12.7. The summed E-state index contributed by atoms with van der Waals surface area (Å²) in [6, 6.07) is 19.9. The van der Waals surface area contributed by atoms with Crippen LogP contribution in [0.3, 0.4) is 0 Å². The maximum absolute atomic E-state index is 12.1. The number of ether oxygens (including phenoxy) is 1. The molecule has 1 aliphatic rings. The van der Waals surface area contributed by atoms with Crippen LogP contribution in [0.2, 0.25) is 0 Å². The molecule has 3 aromatic rings. The molecule has 0 bridgehead atoms. The SMILES string of the molecule is C[N+](C)(CCCOc1ccccc1)Cc1cnc(C(O)(c2ccccc2)C2CCCCCC2)o1. The van der Waals surface area contributed by atoms with E-state index in [0.29, 0.717) is 19.0 Å². The molecule has 5 nitrogen and oxygen atoms in total. The topological polar surface area (TPSA) is 55.5 Å². The van der Waals surface area contributed by atoms with Crippen LogP contribution in [-0.4, -0.2) is 41.8 Å².